The van der Waals surface area contributed by atoms with E-state index < -0.39 is 12.0 Å². The zero-order valence-corrected chi connectivity index (χ0v) is 19.0. The van der Waals surface area contributed by atoms with Crippen LogP contribution in [0.2, 0.25) is 0 Å². The van der Waals surface area contributed by atoms with Gasteiger partial charge in [0.1, 0.15) is 11.8 Å². The lowest BCUT2D eigenvalue weighted by Crippen LogP contribution is -2.35. The lowest BCUT2D eigenvalue weighted by Gasteiger charge is -2.22. The molecule has 2 heterocycles. The van der Waals surface area contributed by atoms with Crippen molar-refractivity contribution in [3.05, 3.63) is 78.9 Å². The molecule has 0 bridgehead atoms. The predicted molar refractivity (Wildman–Crippen MR) is 124 cm³/mol. The molecule has 8 nitrogen and oxygen atoms in total. The van der Waals surface area contributed by atoms with Crippen molar-refractivity contribution in [2.75, 3.05) is 13.7 Å². The summed E-state index contributed by atoms with van der Waals surface area (Å²) in [6.45, 7) is 3.57. The summed E-state index contributed by atoms with van der Waals surface area (Å²) >= 11 is 1.20. The highest BCUT2D eigenvalue weighted by Crippen LogP contribution is 2.36. The molecule has 1 aliphatic rings. The SMILES string of the molecule is CCOC(=O)C1=C(C)n2c(s/c(=C/c3ccc(O)cc3)c2=O)=NC1c1ccc(O)c(OC)c1. The van der Waals surface area contributed by atoms with E-state index in [1.165, 1.54) is 29.1 Å². The van der Waals surface area contributed by atoms with Gasteiger partial charge in [-0.3, -0.25) is 9.36 Å². The van der Waals surface area contributed by atoms with Crippen LogP contribution < -0.4 is 19.6 Å². The highest BCUT2D eigenvalue weighted by molar-refractivity contribution is 7.07. The van der Waals surface area contributed by atoms with Gasteiger partial charge in [-0.25, -0.2) is 9.79 Å². The van der Waals surface area contributed by atoms with Crippen molar-refractivity contribution in [1.82, 2.24) is 4.57 Å². The maximum absolute atomic E-state index is 13.2. The first-order valence-electron chi connectivity index (χ1n) is 10.2. The Morgan fingerprint density at radius 3 is 2.61 bits per heavy atom. The molecule has 0 spiro atoms. The number of ether oxygens (including phenoxy) is 2. The van der Waals surface area contributed by atoms with Gasteiger partial charge >= 0.3 is 5.97 Å². The number of aromatic nitrogens is 1. The van der Waals surface area contributed by atoms with Crippen LogP contribution in [0, 0.1) is 0 Å². The molecule has 2 aromatic carbocycles. The Morgan fingerprint density at radius 2 is 1.94 bits per heavy atom. The van der Waals surface area contributed by atoms with Crippen molar-refractivity contribution in [2.45, 2.75) is 19.9 Å². The number of rotatable bonds is 5. The van der Waals surface area contributed by atoms with E-state index in [-0.39, 0.29) is 35.0 Å². The first-order valence-corrected chi connectivity index (χ1v) is 11.0. The zero-order chi connectivity index (χ0) is 23.7. The maximum atomic E-state index is 13.2. The van der Waals surface area contributed by atoms with Crippen molar-refractivity contribution in [3.63, 3.8) is 0 Å². The fourth-order valence-corrected chi connectivity index (χ4v) is 4.68. The molecule has 2 N–H and O–H groups in total. The van der Waals surface area contributed by atoms with E-state index >= 15 is 0 Å². The molecular formula is C24H22N2O6S. The molecule has 0 aliphatic carbocycles. The summed E-state index contributed by atoms with van der Waals surface area (Å²) in [5, 5.41) is 19.5. The summed E-state index contributed by atoms with van der Waals surface area (Å²) in [6.07, 6.45) is 1.71. The van der Waals surface area contributed by atoms with Gasteiger partial charge in [0, 0.05) is 5.70 Å². The number of phenols is 2. The number of phenolic OH excluding ortho intramolecular Hbond substituents is 2. The number of fused-ring (bicyclic) bond motifs is 1. The molecule has 170 valence electrons. The monoisotopic (exact) mass is 466 g/mol. The molecule has 0 radical (unpaired) electrons. The second kappa shape index (κ2) is 8.95. The lowest BCUT2D eigenvalue weighted by atomic mass is 9.96. The van der Waals surface area contributed by atoms with E-state index in [1.54, 1.807) is 56.3 Å². The third-order valence-electron chi connectivity index (χ3n) is 5.25. The van der Waals surface area contributed by atoms with E-state index in [0.717, 1.165) is 5.56 Å². The number of hydrogen-bond acceptors (Lipinski definition) is 8. The van der Waals surface area contributed by atoms with Crippen LogP contribution in [-0.2, 0) is 9.53 Å². The molecule has 1 aliphatic heterocycles. The van der Waals surface area contributed by atoms with E-state index in [0.29, 0.717) is 20.6 Å². The van der Waals surface area contributed by atoms with E-state index in [1.807, 2.05) is 0 Å². The van der Waals surface area contributed by atoms with Gasteiger partial charge in [0.25, 0.3) is 5.56 Å². The van der Waals surface area contributed by atoms with Crippen LogP contribution in [0.4, 0.5) is 0 Å². The Labute approximate surface area is 193 Å². The molecule has 1 aromatic heterocycles. The number of esters is 1. The average Bonchev–Trinajstić information content (AvgIpc) is 3.11. The summed E-state index contributed by atoms with van der Waals surface area (Å²) in [5.74, 6) is -0.216. The molecule has 3 aromatic rings. The maximum Gasteiger partial charge on any atom is 0.338 e. The van der Waals surface area contributed by atoms with Crippen molar-refractivity contribution in [3.8, 4) is 17.2 Å². The highest BCUT2D eigenvalue weighted by atomic mass is 32.1. The van der Waals surface area contributed by atoms with E-state index in [4.69, 9.17) is 14.5 Å². The van der Waals surface area contributed by atoms with E-state index in [9.17, 15) is 19.8 Å². The van der Waals surface area contributed by atoms with Crippen LogP contribution in [0.5, 0.6) is 17.2 Å². The molecule has 0 amide bonds. The zero-order valence-electron chi connectivity index (χ0n) is 18.2. The van der Waals surface area contributed by atoms with Gasteiger partial charge < -0.3 is 19.7 Å². The minimum Gasteiger partial charge on any atom is -0.508 e. The largest absolute Gasteiger partial charge is 0.508 e. The Morgan fingerprint density at radius 1 is 1.21 bits per heavy atom. The van der Waals surface area contributed by atoms with Gasteiger partial charge in [-0.05, 0) is 55.3 Å². The lowest BCUT2D eigenvalue weighted by molar-refractivity contribution is -0.138. The van der Waals surface area contributed by atoms with Gasteiger partial charge in [0.15, 0.2) is 16.3 Å². The molecule has 4 rings (SSSR count). The topological polar surface area (TPSA) is 110 Å². The first-order chi connectivity index (χ1) is 15.8. The predicted octanol–water partition coefficient (Wildman–Crippen LogP) is 2.33. The molecule has 1 atom stereocenters. The number of carbonyl (C=O) groups is 1. The Kier molecular flexibility index (Phi) is 6.06. The van der Waals surface area contributed by atoms with Crippen LogP contribution in [0.1, 0.15) is 31.0 Å². The Balaban J connectivity index is 1.94. The third kappa shape index (κ3) is 4.14. The smallest absolute Gasteiger partial charge is 0.338 e. The number of nitrogens with zero attached hydrogens (tertiary/aromatic N) is 2. The Hall–Kier alpha value is -3.85. The molecule has 33 heavy (non-hydrogen) atoms. The van der Waals surface area contributed by atoms with Crippen LogP contribution in [0.3, 0.4) is 0 Å². The molecule has 0 saturated carbocycles. The number of allylic oxidation sites excluding steroid dienone is 1. The van der Waals surface area contributed by atoms with Gasteiger partial charge in [0.05, 0.1) is 23.8 Å². The second-order valence-electron chi connectivity index (χ2n) is 7.31. The van der Waals surface area contributed by atoms with Gasteiger partial charge in [-0.15, -0.1) is 0 Å². The highest BCUT2D eigenvalue weighted by Gasteiger charge is 2.31. The third-order valence-corrected chi connectivity index (χ3v) is 6.23. The number of methoxy groups -OCH3 is 1. The average molecular weight is 467 g/mol. The molecule has 0 saturated heterocycles. The number of carbonyl (C=O) groups excluding carboxylic acids is 1. The quantitative estimate of drug-likeness (QED) is 0.559. The fourth-order valence-electron chi connectivity index (χ4n) is 3.64. The fraction of sp³-hybridized carbons (Fsp3) is 0.208. The molecule has 1 unspecified atom stereocenters. The second-order valence-corrected chi connectivity index (χ2v) is 8.32. The molecular weight excluding hydrogens is 444 g/mol. The number of aromatic hydroxyl groups is 2. The van der Waals surface area contributed by atoms with Crippen LogP contribution >= 0.6 is 11.3 Å². The normalized spacial score (nSPS) is 15.7. The van der Waals surface area contributed by atoms with Crippen LogP contribution in [0.25, 0.3) is 11.8 Å². The summed E-state index contributed by atoms with van der Waals surface area (Å²) in [5.41, 5.74) is 1.74. The van der Waals surface area contributed by atoms with Crippen molar-refractivity contribution in [2.24, 2.45) is 4.99 Å². The minimum atomic E-state index is -0.738. The van der Waals surface area contributed by atoms with Crippen molar-refractivity contribution < 1.29 is 24.5 Å². The standard InChI is InChI=1S/C24H22N2O6S/c1-4-32-23(30)20-13(2)26-22(29)19(11-14-5-8-16(27)9-6-14)33-24(26)25-21(20)15-7-10-17(28)18(12-15)31-3/h5-12,21,27-28H,4H2,1-3H3/b19-11+. The van der Waals surface area contributed by atoms with Crippen LogP contribution in [-0.4, -0.2) is 34.5 Å². The number of hydrogen-bond donors (Lipinski definition) is 2. The van der Waals surface area contributed by atoms with Gasteiger partial charge in [-0.1, -0.05) is 29.5 Å². The van der Waals surface area contributed by atoms with Crippen molar-refractivity contribution in [1.29, 1.82) is 0 Å². The van der Waals surface area contributed by atoms with Crippen LogP contribution in [0.15, 0.2) is 57.8 Å². The minimum absolute atomic E-state index is 0.0331. The summed E-state index contributed by atoms with van der Waals surface area (Å²) in [6, 6.07) is 10.5. The van der Waals surface area contributed by atoms with Gasteiger partial charge in [-0.2, -0.15) is 0 Å². The van der Waals surface area contributed by atoms with E-state index in [2.05, 4.69) is 0 Å². The number of thiazole rings is 1. The Bertz CT molecular complexity index is 1430. The van der Waals surface area contributed by atoms with Gasteiger partial charge in [0.2, 0.25) is 0 Å². The summed E-state index contributed by atoms with van der Waals surface area (Å²) in [7, 11) is 1.44. The number of benzene rings is 2. The first kappa shape index (κ1) is 22.3. The molecule has 0 fully saturated rings. The summed E-state index contributed by atoms with van der Waals surface area (Å²) < 4.78 is 12.3. The summed E-state index contributed by atoms with van der Waals surface area (Å²) in [4.78, 5) is 31.3. The van der Waals surface area contributed by atoms with Crippen molar-refractivity contribution >= 4 is 29.1 Å². The molecule has 9 heteroatoms.